The summed E-state index contributed by atoms with van der Waals surface area (Å²) in [5.74, 6) is 0.516. The van der Waals surface area contributed by atoms with Gasteiger partial charge in [-0.25, -0.2) is 0 Å². The average Bonchev–Trinajstić information content (AvgIpc) is 3.16. The van der Waals surface area contributed by atoms with Crippen molar-refractivity contribution < 1.29 is 9.72 Å². The van der Waals surface area contributed by atoms with Gasteiger partial charge in [0.15, 0.2) is 0 Å². The molecule has 0 spiro atoms. The van der Waals surface area contributed by atoms with E-state index < -0.39 is 0 Å². The van der Waals surface area contributed by atoms with Crippen LogP contribution in [0.25, 0.3) is 0 Å². The molecule has 1 amide bonds. The summed E-state index contributed by atoms with van der Waals surface area (Å²) in [6, 6.07) is 12.6. The fourth-order valence-electron chi connectivity index (χ4n) is 4.17. The first-order valence-electron chi connectivity index (χ1n) is 8.99. The quantitative estimate of drug-likeness (QED) is 0.506. The molecule has 2 aromatic carbocycles. The topological polar surface area (TPSA) is 75.5 Å². The second kappa shape index (κ2) is 6.54. The maximum absolute atomic E-state index is 12.7. The number of hydrogen-bond acceptors (Lipinski definition) is 4. The molecule has 0 unspecified atom stereocenters. The summed E-state index contributed by atoms with van der Waals surface area (Å²) >= 11 is 0. The van der Waals surface area contributed by atoms with E-state index in [1.54, 1.807) is 31.1 Å². The average molecular weight is 363 g/mol. The number of amides is 1. The summed E-state index contributed by atoms with van der Waals surface area (Å²) < 4.78 is 0. The minimum Gasteiger partial charge on any atom is -0.377 e. The smallest absolute Gasteiger partial charge is 0.269 e. The van der Waals surface area contributed by atoms with Crippen molar-refractivity contribution >= 4 is 17.3 Å². The van der Waals surface area contributed by atoms with Gasteiger partial charge in [0.05, 0.1) is 22.2 Å². The Kier molecular flexibility index (Phi) is 4.18. The number of carbonyl (C=O) groups excluding carboxylic acids is 1. The first kappa shape index (κ1) is 17.3. The molecule has 6 nitrogen and oxygen atoms in total. The molecule has 1 N–H and O–H groups in total. The summed E-state index contributed by atoms with van der Waals surface area (Å²) in [6.07, 6.45) is 5.34. The Labute approximate surface area is 157 Å². The Morgan fingerprint density at radius 1 is 1.19 bits per heavy atom. The van der Waals surface area contributed by atoms with Crippen LogP contribution in [0.3, 0.4) is 0 Å². The zero-order valence-corrected chi connectivity index (χ0v) is 15.3. The van der Waals surface area contributed by atoms with Gasteiger partial charge in [-0.1, -0.05) is 36.4 Å². The highest BCUT2D eigenvalue weighted by atomic mass is 16.6. The lowest BCUT2D eigenvalue weighted by Crippen LogP contribution is -2.31. The van der Waals surface area contributed by atoms with Crippen LogP contribution in [-0.2, 0) is 0 Å². The summed E-state index contributed by atoms with van der Waals surface area (Å²) in [6.45, 7) is 0. The van der Waals surface area contributed by atoms with E-state index in [0.29, 0.717) is 11.5 Å². The van der Waals surface area contributed by atoms with Gasteiger partial charge in [-0.05, 0) is 29.5 Å². The number of para-hydroxylation sites is 1. The molecule has 3 atom stereocenters. The van der Waals surface area contributed by atoms with Crippen LogP contribution < -0.4 is 5.32 Å². The Morgan fingerprint density at radius 2 is 1.93 bits per heavy atom. The monoisotopic (exact) mass is 363 g/mol. The van der Waals surface area contributed by atoms with Gasteiger partial charge in [-0.3, -0.25) is 14.9 Å². The third-order valence-corrected chi connectivity index (χ3v) is 5.50. The third-order valence-electron chi connectivity index (χ3n) is 5.50. The number of non-ortho nitro benzene ring substituents is 1. The van der Waals surface area contributed by atoms with Crippen molar-refractivity contribution in [3.05, 3.63) is 81.4 Å². The number of nitrogens with zero attached hydrogens (tertiary/aromatic N) is 2. The Hall–Kier alpha value is -3.15. The second-order valence-corrected chi connectivity index (χ2v) is 7.29. The molecule has 138 valence electrons. The molecule has 1 heterocycles. The molecule has 4 rings (SSSR count). The largest absolute Gasteiger partial charge is 0.377 e. The van der Waals surface area contributed by atoms with Gasteiger partial charge < -0.3 is 10.2 Å². The maximum Gasteiger partial charge on any atom is 0.269 e. The van der Waals surface area contributed by atoms with Crippen LogP contribution in [0.1, 0.15) is 39.9 Å². The Morgan fingerprint density at radius 3 is 2.59 bits per heavy atom. The summed E-state index contributed by atoms with van der Waals surface area (Å²) in [5.41, 5.74) is 3.74. The van der Waals surface area contributed by atoms with E-state index in [1.165, 1.54) is 0 Å². The van der Waals surface area contributed by atoms with E-state index in [4.69, 9.17) is 0 Å². The molecule has 0 saturated heterocycles. The SMILES string of the molecule is CN(C)C(=O)c1cccc2c1N[C@H](c1ccc([N+](=O)[O-])cc1)[C@H]1CC=C[C@@H]21. The zero-order valence-electron chi connectivity index (χ0n) is 15.3. The number of rotatable bonds is 3. The van der Waals surface area contributed by atoms with E-state index in [0.717, 1.165) is 23.2 Å². The third kappa shape index (κ3) is 2.87. The molecule has 1 aliphatic carbocycles. The molecule has 0 aromatic heterocycles. The predicted molar refractivity (Wildman–Crippen MR) is 104 cm³/mol. The van der Waals surface area contributed by atoms with Crippen molar-refractivity contribution in [3.8, 4) is 0 Å². The second-order valence-electron chi connectivity index (χ2n) is 7.29. The van der Waals surface area contributed by atoms with Crippen LogP contribution in [0.15, 0.2) is 54.6 Å². The van der Waals surface area contributed by atoms with Crippen molar-refractivity contribution in [1.29, 1.82) is 0 Å². The molecule has 2 aliphatic rings. The number of nitro benzene ring substituents is 1. The van der Waals surface area contributed by atoms with Crippen LogP contribution in [0.4, 0.5) is 11.4 Å². The molecule has 0 saturated carbocycles. The number of hydrogen-bond donors (Lipinski definition) is 1. The number of nitrogens with one attached hydrogen (secondary N) is 1. The van der Waals surface area contributed by atoms with E-state index in [-0.39, 0.29) is 28.5 Å². The van der Waals surface area contributed by atoms with Gasteiger partial charge in [0.25, 0.3) is 11.6 Å². The fourth-order valence-corrected chi connectivity index (χ4v) is 4.17. The van der Waals surface area contributed by atoms with Crippen molar-refractivity contribution in [3.63, 3.8) is 0 Å². The van der Waals surface area contributed by atoms with Crippen molar-refractivity contribution in [1.82, 2.24) is 4.90 Å². The fraction of sp³-hybridized carbons (Fsp3) is 0.286. The van der Waals surface area contributed by atoms with Crippen LogP contribution in [0.2, 0.25) is 0 Å². The van der Waals surface area contributed by atoms with Gasteiger partial charge in [0.2, 0.25) is 0 Å². The standard InChI is InChI=1S/C21H21N3O3/c1-23(2)21(25)18-8-4-7-17-15-5-3-6-16(15)19(22-20(17)18)13-9-11-14(12-10-13)24(26)27/h3-5,7-12,15-16,19,22H,6H2,1-2H3/t15-,16+,19-/m1/s1. The van der Waals surface area contributed by atoms with Gasteiger partial charge >= 0.3 is 0 Å². The lowest BCUT2D eigenvalue weighted by atomic mass is 9.76. The Bertz CT molecular complexity index is 934. The molecule has 27 heavy (non-hydrogen) atoms. The molecule has 0 radical (unpaired) electrons. The molecule has 0 fully saturated rings. The summed E-state index contributed by atoms with van der Waals surface area (Å²) in [7, 11) is 3.49. The van der Waals surface area contributed by atoms with Crippen LogP contribution in [0.5, 0.6) is 0 Å². The van der Waals surface area contributed by atoms with E-state index >= 15 is 0 Å². The number of carbonyl (C=O) groups is 1. The predicted octanol–water partition coefficient (Wildman–Crippen LogP) is 4.12. The number of allylic oxidation sites excluding steroid dienone is 2. The van der Waals surface area contributed by atoms with Crippen LogP contribution >= 0.6 is 0 Å². The van der Waals surface area contributed by atoms with Gasteiger partial charge in [0, 0.05) is 32.1 Å². The summed E-state index contributed by atoms with van der Waals surface area (Å²) in [4.78, 5) is 24.8. The highest BCUT2D eigenvalue weighted by molar-refractivity contribution is 6.00. The minimum absolute atomic E-state index is 0.00517. The highest BCUT2D eigenvalue weighted by Crippen LogP contribution is 2.50. The molecular formula is C21H21N3O3. The maximum atomic E-state index is 12.7. The Balaban J connectivity index is 1.78. The van der Waals surface area contributed by atoms with Crippen LogP contribution in [-0.4, -0.2) is 29.8 Å². The van der Waals surface area contributed by atoms with Gasteiger partial charge in [-0.15, -0.1) is 0 Å². The lowest BCUT2D eigenvalue weighted by molar-refractivity contribution is -0.384. The summed E-state index contributed by atoms with van der Waals surface area (Å²) in [5, 5.41) is 14.5. The molecule has 2 aromatic rings. The normalized spacial score (nSPS) is 22.5. The first-order valence-corrected chi connectivity index (χ1v) is 8.99. The van der Waals surface area contributed by atoms with E-state index in [9.17, 15) is 14.9 Å². The number of fused-ring (bicyclic) bond motifs is 3. The lowest BCUT2D eigenvalue weighted by Gasteiger charge is -2.38. The molecule has 0 bridgehead atoms. The van der Waals surface area contributed by atoms with Gasteiger partial charge in [-0.2, -0.15) is 0 Å². The van der Waals surface area contributed by atoms with Crippen molar-refractivity contribution in [2.24, 2.45) is 5.92 Å². The first-order chi connectivity index (χ1) is 13.0. The molecule has 6 heteroatoms. The van der Waals surface area contributed by atoms with E-state index in [1.807, 2.05) is 24.3 Å². The van der Waals surface area contributed by atoms with Crippen molar-refractivity contribution in [2.45, 2.75) is 18.4 Å². The highest BCUT2D eigenvalue weighted by Gasteiger charge is 2.39. The number of benzene rings is 2. The number of anilines is 1. The zero-order chi connectivity index (χ0) is 19.1. The molecular weight excluding hydrogens is 342 g/mol. The van der Waals surface area contributed by atoms with E-state index in [2.05, 4.69) is 23.5 Å². The van der Waals surface area contributed by atoms with Crippen molar-refractivity contribution in [2.75, 3.05) is 19.4 Å². The van der Waals surface area contributed by atoms with Gasteiger partial charge in [0.1, 0.15) is 0 Å². The van der Waals surface area contributed by atoms with Crippen LogP contribution in [0, 0.1) is 16.0 Å². The minimum atomic E-state index is -0.388. The number of nitro groups is 1. The molecule has 1 aliphatic heterocycles.